The molecule has 19 heavy (non-hydrogen) atoms. The Morgan fingerprint density at radius 1 is 1.26 bits per heavy atom. The highest BCUT2D eigenvalue weighted by atomic mass is 16.5. The number of nitrogens with zero attached hydrogens (tertiary/aromatic N) is 2. The van der Waals surface area contributed by atoms with Crippen LogP contribution in [0.4, 0.5) is 0 Å². The van der Waals surface area contributed by atoms with Crippen LogP contribution in [0.25, 0.3) is 0 Å². The van der Waals surface area contributed by atoms with E-state index in [4.69, 9.17) is 9.84 Å². The van der Waals surface area contributed by atoms with Crippen LogP contribution in [0.1, 0.15) is 30.1 Å². The van der Waals surface area contributed by atoms with Crippen molar-refractivity contribution in [3.63, 3.8) is 0 Å². The van der Waals surface area contributed by atoms with Gasteiger partial charge in [-0.15, -0.1) is 0 Å². The number of hydrogen-bond acceptors (Lipinski definition) is 3. The van der Waals surface area contributed by atoms with Crippen molar-refractivity contribution in [2.24, 2.45) is 0 Å². The summed E-state index contributed by atoms with van der Waals surface area (Å²) >= 11 is 0. The zero-order valence-corrected chi connectivity index (χ0v) is 10.8. The molecule has 0 amide bonds. The normalized spacial score (nSPS) is 14.6. The lowest BCUT2D eigenvalue weighted by Gasteiger charge is -2.09. The van der Waals surface area contributed by atoms with E-state index in [2.05, 4.69) is 9.55 Å². The number of ether oxygens (including phenoxy) is 1. The summed E-state index contributed by atoms with van der Waals surface area (Å²) in [7, 11) is 0. The predicted molar refractivity (Wildman–Crippen MR) is 72.1 cm³/mol. The molecule has 0 radical (unpaired) electrons. The zero-order valence-electron chi connectivity index (χ0n) is 10.8. The van der Waals surface area contributed by atoms with Gasteiger partial charge in [0.2, 0.25) is 0 Å². The highest BCUT2D eigenvalue weighted by Crippen LogP contribution is 2.35. The van der Waals surface area contributed by atoms with E-state index in [-0.39, 0.29) is 6.61 Å². The first kappa shape index (κ1) is 12.2. The number of rotatable bonds is 6. The average molecular weight is 258 g/mol. The van der Waals surface area contributed by atoms with E-state index in [1.807, 2.05) is 36.8 Å². The molecule has 1 aliphatic carbocycles. The van der Waals surface area contributed by atoms with Crippen LogP contribution in [0.15, 0.2) is 36.8 Å². The molecule has 1 N–H and O–H groups in total. The smallest absolute Gasteiger partial charge is 0.130 e. The molecule has 0 saturated heterocycles. The molecule has 1 heterocycles. The fourth-order valence-electron chi connectivity index (χ4n) is 2.16. The molecular weight excluding hydrogens is 240 g/mol. The summed E-state index contributed by atoms with van der Waals surface area (Å²) < 4.78 is 7.99. The summed E-state index contributed by atoms with van der Waals surface area (Å²) in [6, 6.07) is 8.51. The lowest BCUT2D eigenvalue weighted by atomic mass is 10.1. The molecule has 0 unspecified atom stereocenters. The molecule has 3 rings (SSSR count). The molecule has 0 bridgehead atoms. The summed E-state index contributed by atoms with van der Waals surface area (Å²) in [6.07, 6.45) is 6.95. The largest absolute Gasteiger partial charge is 0.487 e. The molecule has 100 valence electrons. The highest BCUT2D eigenvalue weighted by Gasteiger charge is 2.25. The summed E-state index contributed by atoms with van der Waals surface area (Å²) in [6.45, 7) is 0.733. The quantitative estimate of drug-likeness (QED) is 0.865. The Kier molecular flexibility index (Phi) is 3.51. The third kappa shape index (κ3) is 2.96. The summed E-state index contributed by atoms with van der Waals surface area (Å²) in [5.41, 5.74) is 2.25. The minimum absolute atomic E-state index is 0.181. The van der Waals surface area contributed by atoms with Crippen LogP contribution in [0.5, 0.6) is 5.75 Å². The van der Waals surface area contributed by atoms with E-state index in [0.29, 0.717) is 19.1 Å². The van der Waals surface area contributed by atoms with E-state index in [1.54, 1.807) is 0 Å². The van der Waals surface area contributed by atoms with E-state index >= 15 is 0 Å². The number of aromatic nitrogens is 2. The third-order valence-corrected chi connectivity index (χ3v) is 3.40. The van der Waals surface area contributed by atoms with Gasteiger partial charge in [-0.25, -0.2) is 4.98 Å². The van der Waals surface area contributed by atoms with Gasteiger partial charge in [0.1, 0.15) is 12.4 Å². The zero-order chi connectivity index (χ0) is 13.1. The van der Waals surface area contributed by atoms with Gasteiger partial charge in [-0.2, -0.15) is 0 Å². The molecule has 1 fully saturated rings. The van der Waals surface area contributed by atoms with Crippen molar-refractivity contribution in [1.29, 1.82) is 0 Å². The van der Waals surface area contributed by atoms with Crippen molar-refractivity contribution < 1.29 is 9.84 Å². The minimum atomic E-state index is 0.181. The second-order valence-corrected chi connectivity index (χ2v) is 4.93. The molecule has 1 saturated carbocycles. The van der Waals surface area contributed by atoms with Crippen molar-refractivity contribution in [2.75, 3.05) is 6.61 Å². The SMILES string of the molecule is OCCc1ccc(OCc2cncn2C2CC2)cc1. The van der Waals surface area contributed by atoms with Crippen LogP contribution in [-0.2, 0) is 13.0 Å². The van der Waals surface area contributed by atoms with Crippen molar-refractivity contribution in [2.45, 2.75) is 31.9 Å². The summed E-state index contributed by atoms with van der Waals surface area (Å²) in [5, 5.41) is 8.86. The van der Waals surface area contributed by atoms with Gasteiger partial charge in [-0.05, 0) is 37.0 Å². The minimum Gasteiger partial charge on any atom is -0.487 e. The molecular formula is C15H18N2O2. The van der Waals surface area contributed by atoms with Crippen molar-refractivity contribution >= 4 is 0 Å². The van der Waals surface area contributed by atoms with E-state index < -0.39 is 0 Å². The predicted octanol–water partition coefficient (Wildman–Crippen LogP) is 2.33. The number of aliphatic hydroxyl groups is 1. The fraction of sp³-hybridized carbons (Fsp3) is 0.400. The van der Waals surface area contributed by atoms with Crippen LogP contribution in [0.2, 0.25) is 0 Å². The molecule has 1 aliphatic rings. The van der Waals surface area contributed by atoms with Gasteiger partial charge in [0.15, 0.2) is 0 Å². The molecule has 0 atom stereocenters. The molecule has 0 spiro atoms. The van der Waals surface area contributed by atoms with Gasteiger partial charge in [0.05, 0.1) is 18.2 Å². The van der Waals surface area contributed by atoms with Crippen LogP contribution in [0.3, 0.4) is 0 Å². The van der Waals surface area contributed by atoms with E-state index in [1.165, 1.54) is 12.8 Å². The topological polar surface area (TPSA) is 47.3 Å². The van der Waals surface area contributed by atoms with E-state index in [0.717, 1.165) is 17.0 Å². The molecule has 2 aromatic rings. The van der Waals surface area contributed by atoms with Crippen molar-refractivity contribution in [1.82, 2.24) is 9.55 Å². The van der Waals surface area contributed by atoms with Crippen LogP contribution < -0.4 is 4.74 Å². The molecule has 0 aliphatic heterocycles. The van der Waals surface area contributed by atoms with Gasteiger partial charge in [0.25, 0.3) is 0 Å². The van der Waals surface area contributed by atoms with Crippen molar-refractivity contribution in [3.05, 3.63) is 48.0 Å². The Hall–Kier alpha value is -1.81. The first-order chi connectivity index (χ1) is 9.36. The van der Waals surface area contributed by atoms with Gasteiger partial charge >= 0.3 is 0 Å². The lowest BCUT2D eigenvalue weighted by molar-refractivity contribution is 0.293. The van der Waals surface area contributed by atoms with Crippen LogP contribution in [0, 0.1) is 0 Å². The first-order valence-electron chi connectivity index (χ1n) is 6.70. The number of imidazole rings is 1. The van der Waals surface area contributed by atoms with Crippen LogP contribution >= 0.6 is 0 Å². The second-order valence-electron chi connectivity index (χ2n) is 4.93. The van der Waals surface area contributed by atoms with Crippen molar-refractivity contribution in [3.8, 4) is 5.75 Å². The average Bonchev–Trinajstić information content (AvgIpc) is 3.17. The first-order valence-corrected chi connectivity index (χ1v) is 6.70. The second kappa shape index (κ2) is 5.45. The molecule has 1 aromatic heterocycles. The Morgan fingerprint density at radius 2 is 2.05 bits per heavy atom. The maximum atomic E-state index is 8.86. The van der Waals surface area contributed by atoms with Gasteiger partial charge in [-0.3, -0.25) is 0 Å². The number of benzene rings is 1. The highest BCUT2D eigenvalue weighted by molar-refractivity contribution is 5.27. The monoisotopic (exact) mass is 258 g/mol. The third-order valence-electron chi connectivity index (χ3n) is 3.40. The standard InChI is InChI=1S/C15H18N2O2/c18-8-7-12-1-5-15(6-2-12)19-10-14-9-16-11-17(14)13-3-4-13/h1-2,5-6,9,11,13,18H,3-4,7-8,10H2. The maximum absolute atomic E-state index is 8.86. The fourth-order valence-corrected chi connectivity index (χ4v) is 2.16. The lowest BCUT2D eigenvalue weighted by Crippen LogP contribution is -2.03. The maximum Gasteiger partial charge on any atom is 0.130 e. The summed E-state index contributed by atoms with van der Waals surface area (Å²) in [4.78, 5) is 4.19. The Labute approximate surface area is 112 Å². The van der Waals surface area contributed by atoms with Gasteiger partial charge in [0, 0.05) is 12.6 Å². The Morgan fingerprint density at radius 3 is 2.74 bits per heavy atom. The summed E-state index contributed by atoms with van der Waals surface area (Å²) in [5.74, 6) is 0.852. The number of hydrogen-bond donors (Lipinski definition) is 1. The van der Waals surface area contributed by atoms with Crippen LogP contribution in [-0.4, -0.2) is 21.3 Å². The molecule has 1 aromatic carbocycles. The Bertz CT molecular complexity index is 529. The molecule has 4 nitrogen and oxygen atoms in total. The van der Waals surface area contributed by atoms with Gasteiger partial charge in [-0.1, -0.05) is 12.1 Å². The Balaban J connectivity index is 1.60. The van der Waals surface area contributed by atoms with Gasteiger partial charge < -0.3 is 14.4 Å². The number of aliphatic hydroxyl groups excluding tert-OH is 1. The molecule has 4 heteroatoms. The van der Waals surface area contributed by atoms with E-state index in [9.17, 15) is 0 Å².